The zero-order valence-corrected chi connectivity index (χ0v) is 21.3. The number of carboxylic acids is 1. The lowest BCUT2D eigenvalue weighted by molar-refractivity contribution is -0.143. The quantitative estimate of drug-likeness (QED) is 0.155. The molecule has 1 aromatic heterocycles. The van der Waals surface area contributed by atoms with Crippen LogP contribution in [0.4, 0.5) is 0 Å². The lowest BCUT2D eigenvalue weighted by atomic mass is 10.0. The Hall–Kier alpha value is -4.71. The van der Waals surface area contributed by atoms with Gasteiger partial charge in [-0.25, -0.2) is 4.79 Å². The molecule has 4 atom stereocenters. The number of carbonyl (C=O) groups is 5. The second-order valence-electron chi connectivity index (χ2n) is 9.22. The summed E-state index contributed by atoms with van der Waals surface area (Å²) < 4.78 is 0. The highest BCUT2D eigenvalue weighted by Crippen LogP contribution is 2.19. The maximum atomic E-state index is 13.3. The Labute approximate surface area is 224 Å². The largest absolute Gasteiger partial charge is 0.480 e. The fraction of sp³-hybridized carbons (Fsp3) is 0.296. The summed E-state index contributed by atoms with van der Waals surface area (Å²) in [6.07, 6.45) is 1.47. The van der Waals surface area contributed by atoms with Crippen molar-refractivity contribution in [2.24, 2.45) is 11.5 Å². The molecule has 206 valence electrons. The van der Waals surface area contributed by atoms with Crippen LogP contribution >= 0.6 is 0 Å². The van der Waals surface area contributed by atoms with Crippen molar-refractivity contribution in [3.05, 3.63) is 71.9 Å². The van der Waals surface area contributed by atoms with Gasteiger partial charge in [0.2, 0.25) is 23.6 Å². The van der Waals surface area contributed by atoms with Gasteiger partial charge in [-0.15, -0.1) is 0 Å². The Morgan fingerprint density at radius 1 is 0.846 bits per heavy atom. The Morgan fingerprint density at radius 2 is 1.49 bits per heavy atom. The maximum Gasteiger partial charge on any atom is 0.326 e. The first kappa shape index (κ1) is 28.9. The van der Waals surface area contributed by atoms with Crippen LogP contribution in [-0.2, 0) is 36.8 Å². The Bertz CT molecular complexity index is 1340. The van der Waals surface area contributed by atoms with Crippen molar-refractivity contribution in [1.29, 1.82) is 0 Å². The van der Waals surface area contributed by atoms with Crippen molar-refractivity contribution in [2.75, 3.05) is 0 Å². The predicted molar refractivity (Wildman–Crippen MR) is 143 cm³/mol. The molecule has 3 rings (SSSR count). The van der Waals surface area contributed by atoms with E-state index in [4.69, 9.17) is 11.5 Å². The molecule has 0 bridgehead atoms. The minimum Gasteiger partial charge on any atom is -0.480 e. The molecule has 0 aliphatic heterocycles. The third-order valence-electron chi connectivity index (χ3n) is 6.14. The van der Waals surface area contributed by atoms with Crippen LogP contribution in [0.1, 0.15) is 24.5 Å². The van der Waals surface area contributed by atoms with Crippen molar-refractivity contribution >= 4 is 40.5 Å². The first-order chi connectivity index (χ1) is 18.5. The molecule has 3 aromatic rings. The highest BCUT2D eigenvalue weighted by atomic mass is 16.4. The molecule has 0 aliphatic carbocycles. The molecule has 0 fully saturated rings. The zero-order chi connectivity index (χ0) is 28.5. The minimum atomic E-state index is -1.55. The van der Waals surface area contributed by atoms with Gasteiger partial charge in [0.15, 0.2) is 0 Å². The summed E-state index contributed by atoms with van der Waals surface area (Å²) >= 11 is 0. The molecule has 12 heteroatoms. The second-order valence-corrected chi connectivity index (χ2v) is 9.22. The van der Waals surface area contributed by atoms with Gasteiger partial charge in [-0.3, -0.25) is 19.2 Å². The minimum absolute atomic E-state index is 0.0907. The molecule has 0 spiro atoms. The third kappa shape index (κ3) is 8.14. The molecule has 9 N–H and O–H groups in total. The summed E-state index contributed by atoms with van der Waals surface area (Å²) in [7, 11) is 0. The highest BCUT2D eigenvalue weighted by molar-refractivity contribution is 5.95. The number of hydrogen-bond acceptors (Lipinski definition) is 6. The zero-order valence-electron chi connectivity index (χ0n) is 21.3. The van der Waals surface area contributed by atoms with Gasteiger partial charge < -0.3 is 37.5 Å². The summed E-state index contributed by atoms with van der Waals surface area (Å²) in [5.74, 6) is -4.42. The van der Waals surface area contributed by atoms with E-state index in [-0.39, 0.29) is 12.8 Å². The van der Waals surface area contributed by atoms with Gasteiger partial charge in [0, 0.05) is 23.5 Å². The van der Waals surface area contributed by atoms with E-state index in [1.165, 1.54) is 6.92 Å². The van der Waals surface area contributed by atoms with Gasteiger partial charge in [-0.2, -0.15) is 0 Å². The number of nitrogens with two attached hydrogens (primary N) is 2. The first-order valence-corrected chi connectivity index (χ1v) is 12.3. The number of rotatable bonds is 13. The highest BCUT2D eigenvalue weighted by Gasteiger charge is 2.29. The van der Waals surface area contributed by atoms with Crippen LogP contribution < -0.4 is 27.4 Å². The van der Waals surface area contributed by atoms with E-state index in [1.807, 2.05) is 54.6 Å². The Balaban J connectivity index is 1.75. The smallest absolute Gasteiger partial charge is 0.326 e. The molecular weight excluding hydrogens is 504 g/mol. The summed E-state index contributed by atoms with van der Waals surface area (Å²) in [6.45, 7) is 1.35. The number of primary amides is 1. The van der Waals surface area contributed by atoms with Crippen molar-refractivity contribution in [3.8, 4) is 0 Å². The van der Waals surface area contributed by atoms with E-state index >= 15 is 0 Å². The molecule has 4 amide bonds. The van der Waals surface area contributed by atoms with E-state index in [0.29, 0.717) is 0 Å². The monoisotopic (exact) mass is 536 g/mol. The summed E-state index contributed by atoms with van der Waals surface area (Å²) in [6, 6.07) is 11.9. The molecule has 12 nitrogen and oxygen atoms in total. The number of hydrogen-bond donors (Lipinski definition) is 7. The topological polar surface area (TPSA) is 210 Å². The molecule has 0 saturated heterocycles. The number of carbonyl (C=O) groups excluding carboxylic acids is 4. The number of aliphatic carboxylic acids is 1. The van der Waals surface area contributed by atoms with Gasteiger partial charge in [-0.05, 0) is 30.5 Å². The number of para-hydroxylation sites is 1. The average Bonchev–Trinajstić information content (AvgIpc) is 3.30. The lowest BCUT2D eigenvalue weighted by Crippen LogP contribution is -2.57. The van der Waals surface area contributed by atoms with Crippen LogP contribution in [-0.4, -0.2) is 63.9 Å². The van der Waals surface area contributed by atoms with Crippen LogP contribution in [0.25, 0.3) is 10.9 Å². The second kappa shape index (κ2) is 13.2. The van der Waals surface area contributed by atoms with E-state index in [0.717, 1.165) is 22.0 Å². The van der Waals surface area contributed by atoms with E-state index in [1.54, 1.807) is 6.20 Å². The van der Waals surface area contributed by atoms with Crippen molar-refractivity contribution in [2.45, 2.75) is 50.4 Å². The Morgan fingerprint density at radius 3 is 2.15 bits per heavy atom. The molecule has 39 heavy (non-hydrogen) atoms. The number of nitrogens with one attached hydrogen (secondary N) is 4. The number of amides is 4. The number of H-pyrrole nitrogens is 1. The first-order valence-electron chi connectivity index (χ1n) is 12.3. The standard InChI is InChI=1S/C27H32N6O6/c1-15(24(35)33-22(27(38)39)13-23(29)34)31-26(37)21(12-17-14-30-20-10-6-5-9-18(17)20)32-25(36)19(28)11-16-7-3-2-4-8-16/h2-10,14-15,19,21-22,30H,11-13,28H2,1H3,(H2,29,34)(H,31,37)(H,32,36)(H,33,35)(H,38,39). The summed E-state index contributed by atoms with van der Waals surface area (Å²) in [4.78, 5) is 64.4. The van der Waals surface area contributed by atoms with Crippen LogP contribution in [0.5, 0.6) is 0 Å². The summed E-state index contributed by atoms with van der Waals surface area (Å²) in [5.41, 5.74) is 13.6. The van der Waals surface area contributed by atoms with Gasteiger partial charge in [0.25, 0.3) is 0 Å². The van der Waals surface area contributed by atoms with E-state index < -0.39 is 60.2 Å². The van der Waals surface area contributed by atoms with Crippen molar-refractivity contribution in [1.82, 2.24) is 20.9 Å². The molecule has 0 aliphatic rings. The van der Waals surface area contributed by atoms with Gasteiger partial charge in [0.1, 0.15) is 18.1 Å². The number of aromatic amines is 1. The third-order valence-corrected chi connectivity index (χ3v) is 6.14. The molecular formula is C27H32N6O6. The van der Waals surface area contributed by atoms with Crippen LogP contribution in [0.15, 0.2) is 60.8 Å². The fourth-order valence-corrected chi connectivity index (χ4v) is 4.05. The molecule has 2 aromatic carbocycles. The number of fused-ring (bicyclic) bond motifs is 1. The number of aromatic nitrogens is 1. The van der Waals surface area contributed by atoms with Gasteiger partial charge in [-0.1, -0.05) is 48.5 Å². The lowest BCUT2D eigenvalue weighted by Gasteiger charge is -2.23. The van der Waals surface area contributed by atoms with Gasteiger partial charge in [0.05, 0.1) is 12.5 Å². The van der Waals surface area contributed by atoms with E-state index in [2.05, 4.69) is 20.9 Å². The molecule has 0 radical (unpaired) electrons. The summed E-state index contributed by atoms with van der Waals surface area (Å²) in [5, 5.41) is 17.5. The number of carboxylic acid groups (broad SMARTS) is 1. The average molecular weight is 537 g/mol. The van der Waals surface area contributed by atoms with Crippen LogP contribution in [0.2, 0.25) is 0 Å². The number of benzene rings is 2. The Kier molecular flexibility index (Phi) is 9.76. The van der Waals surface area contributed by atoms with Crippen LogP contribution in [0, 0.1) is 0 Å². The fourth-order valence-electron chi connectivity index (χ4n) is 4.05. The molecule has 0 saturated carbocycles. The van der Waals surface area contributed by atoms with E-state index in [9.17, 15) is 29.1 Å². The SMILES string of the molecule is CC(NC(=O)C(Cc1c[nH]c2ccccc12)NC(=O)C(N)Cc1ccccc1)C(=O)NC(CC(N)=O)C(=O)O. The van der Waals surface area contributed by atoms with Crippen molar-refractivity contribution < 1.29 is 29.1 Å². The van der Waals surface area contributed by atoms with Crippen LogP contribution in [0.3, 0.4) is 0 Å². The predicted octanol–water partition coefficient (Wildman–Crippen LogP) is -0.285. The molecule has 4 unspecified atom stereocenters. The maximum absolute atomic E-state index is 13.3. The normalized spacial score (nSPS) is 14.0. The van der Waals surface area contributed by atoms with Crippen molar-refractivity contribution in [3.63, 3.8) is 0 Å². The molecule has 1 heterocycles. The van der Waals surface area contributed by atoms with Gasteiger partial charge >= 0.3 is 5.97 Å².